The van der Waals surface area contributed by atoms with Gasteiger partial charge in [0.2, 0.25) is 0 Å². The first-order valence-corrected chi connectivity index (χ1v) is 11.0. The number of hydrogen-bond donors (Lipinski definition) is 1. The molecule has 32 heavy (non-hydrogen) atoms. The monoisotopic (exact) mass is 443 g/mol. The van der Waals surface area contributed by atoms with Crippen LogP contribution in [0, 0.1) is 5.82 Å². The molecule has 0 aromatic heterocycles. The van der Waals surface area contributed by atoms with Crippen molar-refractivity contribution in [3.8, 4) is 16.9 Å². The maximum absolute atomic E-state index is 13.3. The maximum Gasteiger partial charge on any atom is 0.258 e. The quantitative estimate of drug-likeness (QED) is 0.645. The number of likely N-dealkylation sites (N-methyl/N-ethyl adjacent to an activating group) is 1. The standard InChI is InChI=1S/C25H34FN3O3/c1-25(2,31-4)18-27-24(30)17-32-23-10-7-20(19-5-8-22(26)9-6-19)15-21(23)16-29-13-11-28(3)12-14-29/h5-10,15H,11-14,16-18H2,1-4H3,(H,27,30). The molecule has 1 amide bonds. The van der Waals surface area contributed by atoms with E-state index in [4.69, 9.17) is 9.47 Å². The van der Waals surface area contributed by atoms with E-state index in [0.717, 1.165) is 49.4 Å². The van der Waals surface area contributed by atoms with E-state index in [1.54, 1.807) is 19.2 Å². The van der Waals surface area contributed by atoms with Crippen molar-refractivity contribution in [1.29, 1.82) is 0 Å². The molecule has 174 valence electrons. The third-order valence-corrected chi connectivity index (χ3v) is 5.85. The van der Waals surface area contributed by atoms with Gasteiger partial charge in [-0.15, -0.1) is 0 Å². The smallest absolute Gasteiger partial charge is 0.258 e. The van der Waals surface area contributed by atoms with Gasteiger partial charge in [-0.05, 0) is 56.3 Å². The predicted octanol–water partition coefficient (Wildman–Crippen LogP) is 3.16. The molecule has 6 nitrogen and oxygen atoms in total. The van der Waals surface area contributed by atoms with Crippen LogP contribution < -0.4 is 10.1 Å². The Labute approximate surface area is 190 Å². The molecule has 1 heterocycles. The molecule has 7 heteroatoms. The lowest BCUT2D eigenvalue weighted by molar-refractivity contribution is -0.124. The second-order valence-corrected chi connectivity index (χ2v) is 8.94. The SMILES string of the molecule is COC(C)(C)CNC(=O)COc1ccc(-c2ccc(F)cc2)cc1CN1CCN(C)CC1. The zero-order chi connectivity index (χ0) is 23.1. The van der Waals surface area contributed by atoms with Crippen molar-refractivity contribution < 1.29 is 18.7 Å². The highest BCUT2D eigenvalue weighted by atomic mass is 19.1. The van der Waals surface area contributed by atoms with Gasteiger partial charge in [0.05, 0.1) is 5.60 Å². The molecule has 1 fully saturated rings. The summed E-state index contributed by atoms with van der Waals surface area (Å²) in [6.45, 7) is 8.89. The molecule has 2 aromatic carbocycles. The third kappa shape index (κ3) is 7.02. The molecule has 0 saturated carbocycles. The highest BCUT2D eigenvalue weighted by molar-refractivity contribution is 5.77. The fourth-order valence-electron chi connectivity index (χ4n) is 3.49. The Balaban J connectivity index is 1.73. The highest BCUT2D eigenvalue weighted by Crippen LogP contribution is 2.28. The Morgan fingerprint density at radius 2 is 1.72 bits per heavy atom. The summed E-state index contributed by atoms with van der Waals surface area (Å²) < 4.78 is 24.6. The molecule has 3 rings (SSSR count). The van der Waals surface area contributed by atoms with Gasteiger partial charge in [0, 0.05) is 51.9 Å². The molecule has 0 radical (unpaired) electrons. The summed E-state index contributed by atoms with van der Waals surface area (Å²) in [5.41, 5.74) is 2.52. The van der Waals surface area contributed by atoms with E-state index >= 15 is 0 Å². The lowest BCUT2D eigenvalue weighted by Crippen LogP contribution is -2.44. The molecule has 1 N–H and O–H groups in total. The molecular weight excluding hydrogens is 409 g/mol. The summed E-state index contributed by atoms with van der Waals surface area (Å²) in [6.07, 6.45) is 0. The second kappa shape index (κ2) is 10.9. The molecule has 2 aromatic rings. The molecule has 0 spiro atoms. The van der Waals surface area contributed by atoms with E-state index in [1.165, 1.54) is 12.1 Å². The minimum absolute atomic E-state index is 0.0641. The molecule has 0 unspecified atom stereocenters. The summed E-state index contributed by atoms with van der Waals surface area (Å²) in [5, 5.41) is 2.85. The van der Waals surface area contributed by atoms with Gasteiger partial charge < -0.3 is 19.7 Å². The molecule has 0 bridgehead atoms. The Morgan fingerprint density at radius 1 is 1.06 bits per heavy atom. The summed E-state index contributed by atoms with van der Waals surface area (Å²) in [6, 6.07) is 12.4. The van der Waals surface area contributed by atoms with Crippen molar-refractivity contribution >= 4 is 5.91 Å². The summed E-state index contributed by atoms with van der Waals surface area (Å²) in [4.78, 5) is 17.0. The number of benzene rings is 2. The number of nitrogens with one attached hydrogen (secondary N) is 1. The Kier molecular flexibility index (Phi) is 8.23. The van der Waals surface area contributed by atoms with Crippen LogP contribution in [0.5, 0.6) is 5.75 Å². The number of amides is 1. The average Bonchev–Trinajstić information content (AvgIpc) is 2.79. The first-order valence-electron chi connectivity index (χ1n) is 11.0. The van der Waals surface area contributed by atoms with Gasteiger partial charge in [-0.1, -0.05) is 18.2 Å². The van der Waals surface area contributed by atoms with Crippen LogP contribution in [0.2, 0.25) is 0 Å². The fourth-order valence-corrected chi connectivity index (χ4v) is 3.49. The van der Waals surface area contributed by atoms with Crippen molar-refractivity contribution in [3.63, 3.8) is 0 Å². The van der Waals surface area contributed by atoms with Crippen molar-refractivity contribution in [2.75, 3.05) is 53.5 Å². The van der Waals surface area contributed by atoms with Crippen LogP contribution in [0.25, 0.3) is 11.1 Å². The highest BCUT2D eigenvalue weighted by Gasteiger charge is 2.19. The topological polar surface area (TPSA) is 54.0 Å². The molecule has 0 aliphatic carbocycles. The van der Waals surface area contributed by atoms with Crippen LogP contribution in [0.1, 0.15) is 19.4 Å². The van der Waals surface area contributed by atoms with Gasteiger partial charge in [0.25, 0.3) is 5.91 Å². The van der Waals surface area contributed by atoms with E-state index in [1.807, 2.05) is 26.0 Å². The minimum atomic E-state index is -0.431. The predicted molar refractivity (Wildman–Crippen MR) is 124 cm³/mol. The van der Waals surface area contributed by atoms with E-state index in [0.29, 0.717) is 12.3 Å². The number of methoxy groups -OCH3 is 1. The van der Waals surface area contributed by atoms with Crippen molar-refractivity contribution in [1.82, 2.24) is 15.1 Å². The first kappa shape index (κ1) is 24.2. The zero-order valence-electron chi connectivity index (χ0n) is 19.5. The Morgan fingerprint density at radius 3 is 2.38 bits per heavy atom. The number of carbonyl (C=O) groups is 1. The van der Waals surface area contributed by atoms with Gasteiger partial charge in [-0.3, -0.25) is 9.69 Å². The second-order valence-electron chi connectivity index (χ2n) is 8.94. The average molecular weight is 444 g/mol. The van der Waals surface area contributed by atoms with Crippen LogP contribution in [-0.4, -0.2) is 74.8 Å². The van der Waals surface area contributed by atoms with Gasteiger partial charge in [0.15, 0.2) is 6.61 Å². The van der Waals surface area contributed by atoms with Crippen LogP contribution >= 0.6 is 0 Å². The molecule has 1 aliphatic rings. The summed E-state index contributed by atoms with van der Waals surface area (Å²) in [5.74, 6) is 0.244. The number of nitrogens with zero attached hydrogens (tertiary/aromatic N) is 2. The number of piperazine rings is 1. The number of rotatable bonds is 9. The fraction of sp³-hybridized carbons (Fsp3) is 0.480. The van der Waals surface area contributed by atoms with E-state index in [9.17, 15) is 9.18 Å². The third-order valence-electron chi connectivity index (χ3n) is 5.85. The van der Waals surface area contributed by atoms with Crippen LogP contribution in [0.15, 0.2) is 42.5 Å². The summed E-state index contributed by atoms with van der Waals surface area (Å²) in [7, 11) is 3.75. The zero-order valence-corrected chi connectivity index (χ0v) is 19.5. The largest absolute Gasteiger partial charge is 0.483 e. The van der Waals surface area contributed by atoms with E-state index in [-0.39, 0.29) is 18.3 Å². The van der Waals surface area contributed by atoms with Gasteiger partial charge in [-0.25, -0.2) is 4.39 Å². The number of ether oxygens (including phenoxy) is 2. The van der Waals surface area contributed by atoms with E-state index in [2.05, 4.69) is 28.2 Å². The minimum Gasteiger partial charge on any atom is -0.483 e. The Hall–Kier alpha value is -2.48. The van der Waals surface area contributed by atoms with Gasteiger partial charge in [-0.2, -0.15) is 0 Å². The lowest BCUT2D eigenvalue weighted by atomic mass is 10.0. The van der Waals surface area contributed by atoms with Crippen molar-refractivity contribution in [3.05, 3.63) is 53.8 Å². The molecular formula is C25H34FN3O3. The first-order chi connectivity index (χ1) is 15.3. The lowest BCUT2D eigenvalue weighted by Gasteiger charge is -2.32. The molecule has 0 atom stereocenters. The number of hydrogen-bond acceptors (Lipinski definition) is 5. The maximum atomic E-state index is 13.3. The Bertz CT molecular complexity index is 894. The normalized spacial score (nSPS) is 15.5. The van der Waals surface area contributed by atoms with Gasteiger partial charge in [0.1, 0.15) is 11.6 Å². The van der Waals surface area contributed by atoms with Crippen molar-refractivity contribution in [2.24, 2.45) is 0 Å². The van der Waals surface area contributed by atoms with E-state index < -0.39 is 5.60 Å². The number of carbonyl (C=O) groups excluding carboxylic acids is 1. The molecule has 1 saturated heterocycles. The van der Waals surface area contributed by atoms with Crippen LogP contribution in [0.3, 0.4) is 0 Å². The number of halogens is 1. The van der Waals surface area contributed by atoms with Gasteiger partial charge >= 0.3 is 0 Å². The molecule has 1 aliphatic heterocycles. The van der Waals surface area contributed by atoms with Crippen molar-refractivity contribution in [2.45, 2.75) is 26.0 Å². The van der Waals surface area contributed by atoms with Crippen LogP contribution in [0.4, 0.5) is 4.39 Å². The summed E-state index contributed by atoms with van der Waals surface area (Å²) >= 11 is 0. The van der Waals surface area contributed by atoms with Crippen LogP contribution in [-0.2, 0) is 16.1 Å².